The van der Waals surface area contributed by atoms with Crippen molar-refractivity contribution in [1.29, 1.82) is 0 Å². The van der Waals surface area contributed by atoms with Crippen LogP contribution >= 0.6 is 22.6 Å². The first-order valence-corrected chi connectivity index (χ1v) is 6.95. The number of aromatic nitrogens is 2. The Balaban J connectivity index is 2.03. The quantitative estimate of drug-likeness (QED) is 0.669. The van der Waals surface area contributed by atoms with Crippen LogP contribution < -0.4 is 16.2 Å². The van der Waals surface area contributed by atoms with Gasteiger partial charge in [-0.05, 0) is 45.5 Å². The first kappa shape index (κ1) is 12.9. The molecule has 0 unspecified atom stereocenters. The molecule has 0 atom stereocenters. The molecular weight excluding hydrogens is 367 g/mol. The van der Waals surface area contributed by atoms with E-state index in [-0.39, 0.29) is 11.8 Å². The number of ether oxygens (including phenoxy) is 1. The zero-order chi connectivity index (χ0) is 14.1. The fourth-order valence-corrected chi connectivity index (χ4v) is 2.47. The second-order valence-electron chi connectivity index (χ2n) is 4.21. The van der Waals surface area contributed by atoms with E-state index in [0.29, 0.717) is 11.5 Å². The molecule has 20 heavy (non-hydrogen) atoms. The number of hydrogen-bond donors (Lipinski definition) is 2. The van der Waals surface area contributed by atoms with Gasteiger partial charge in [0.15, 0.2) is 11.6 Å². The number of rotatable bonds is 2. The van der Waals surface area contributed by atoms with Crippen LogP contribution in [0.3, 0.4) is 0 Å². The van der Waals surface area contributed by atoms with Crippen LogP contribution in [0.25, 0.3) is 10.8 Å². The van der Waals surface area contributed by atoms with Crippen LogP contribution in [-0.2, 0) is 0 Å². The average Bonchev–Trinajstić information content (AvgIpc) is 2.42. The number of hydrogen-bond acceptors (Lipinski definition) is 5. The van der Waals surface area contributed by atoms with Gasteiger partial charge >= 0.3 is 0 Å². The molecule has 1 aromatic heterocycles. The summed E-state index contributed by atoms with van der Waals surface area (Å²) in [5, 5.41) is 2.25. The highest BCUT2D eigenvalue weighted by Crippen LogP contribution is 2.32. The van der Waals surface area contributed by atoms with E-state index in [1.54, 1.807) is 0 Å². The topological polar surface area (TPSA) is 87.0 Å². The van der Waals surface area contributed by atoms with Gasteiger partial charge in [0, 0.05) is 0 Å². The Morgan fingerprint density at radius 3 is 2.40 bits per heavy atom. The molecule has 3 rings (SSSR count). The largest absolute Gasteiger partial charge is 0.451 e. The zero-order valence-corrected chi connectivity index (χ0v) is 12.5. The van der Waals surface area contributed by atoms with Gasteiger partial charge in [-0.3, -0.25) is 0 Å². The number of anilines is 2. The summed E-state index contributed by atoms with van der Waals surface area (Å²) in [4.78, 5) is 7.77. The van der Waals surface area contributed by atoms with Gasteiger partial charge in [0.05, 0.1) is 9.77 Å². The summed E-state index contributed by atoms with van der Waals surface area (Å²) in [6.45, 7) is 0. The summed E-state index contributed by atoms with van der Waals surface area (Å²) < 4.78 is 6.77. The lowest BCUT2D eigenvalue weighted by Gasteiger charge is -2.10. The van der Waals surface area contributed by atoms with E-state index in [0.717, 1.165) is 14.3 Å². The molecular formula is C14H11IN4O. The molecule has 6 heteroatoms. The summed E-state index contributed by atoms with van der Waals surface area (Å²) in [6.07, 6.45) is 1.48. The Kier molecular flexibility index (Phi) is 3.31. The second-order valence-corrected chi connectivity index (χ2v) is 5.37. The lowest BCUT2D eigenvalue weighted by atomic mass is 10.1. The fourth-order valence-electron chi connectivity index (χ4n) is 1.87. The molecule has 0 aliphatic carbocycles. The Bertz CT molecular complexity index is 791. The van der Waals surface area contributed by atoms with Crippen LogP contribution in [0.5, 0.6) is 11.5 Å². The highest BCUT2D eigenvalue weighted by molar-refractivity contribution is 14.1. The molecule has 5 nitrogen and oxygen atoms in total. The summed E-state index contributed by atoms with van der Waals surface area (Å²) >= 11 is 2.22. The van der Waals surface area contributed by atoms with Gasteiger partial charge in [-0.1, -0.05) is 24.3 Å². The van der Waals surface area contributed by atoms with Gasteiger partial charge < -0.3 is 16.2 Å². The SMILES string of the molecule is Nc1ncc(Oc2cc3ccccc3cc2I)c(N)n1. The number of benzene rings is 2. The lowest BCUT2D eigenvalue weighted by Crippen LogP contribution is -2.01. The molecule has 1 heterocycles. The summed E-state index contributed by atoms with van der Waals surface area (Å²) in [7, 11) is 0. The van der Waals surface area contributed by atoms with Crippen LogP contribution in [-0.4, -0.2) is 9.97 Å². The van der Waals surface area contributed by atoms with E-state index in [4.69, 9.17) is 16.2 Å². The van der Waals surface area contributed by atoms with Gasteiger partial charge in [0.2, 0.25) is 5.95 Å². The number of nitrogens with zero attached hydrogens (tertiary/aromatic N) is 2. The third-order valence-electron chi connectivity index (χ3n) is 2.82. The Morgan fingerprint density at radius 2 is 1.70 bits per heavy atom. The minimum Gasteiger partial charge on any atom is -0.451 e. The van der Waals surface area contributed by atoms with Crippen molar-refractivity contribution in [3.05, 3.63) is 46.2 Å². The van der Waals surface area contributed by atoms with E-state index in [2.05, 4.69) is 44.7 Å². The lowest BCUT2D eigenvalue weighted by molar-refractivity contribution is 0.478. The minimum atomic E-state index is 0.128. The second kappa shape index (κ2) is 5.12. The minimum absolute atomic E-state index is 0.128. The fraction of sp³-hybridized carbons (Fsp3) is 0. The van der Waals surface area contributed by atoms with Crippen LogP contribution in [0.1, 0.15) is 0 Å². The number of nitrogen functional groups attached to an aromatic ring is 2. The summed E-state index contributed by atoms with van der Waals surface area (Å²) in [5.74, 6) is 1.46. The Labute approximate surface area is 129 Å². The smallest absolute Gasteiger partial charge is 0.222 e. The van der Waals surface area contributed by atoms with E-state index in [1.165, 1.54) is 6.20 Å². The molecule has 4 N–H and O–H groups in total. The number of nitrogens with two attached hydrogens (primary N) is 2. The van der Waals surface area contributed by atoms with Crippen molar-refractivity contribution in [1.82, 2.24) is 9.97 Å². The van der Waals surface area contributed by atoms with Crippen LogP contribution in [0.15, 0.2) is 42.6 Å². The molecule has 0 saturated heterocycles. The zero-order valence-electron chi connectivity index (χ0n) is 10.4. The molecule has 0 spiro atoms. The first-order chi connectivity index (χ1) is 9.63. The van der Waals surface area contributed by atoms with Crippen molar-refractivity contribution < 1.29 is 4.74 Å². The van der Waals surface area contributed by atoms with Gasteiger partial charge in [-0.25, -0.2) is 4.98 Å². The number of halogens is 1. The molecule has 0 radical (unpaired) electrons. The van der Waals surface area contributed by atoms with Gasteiger partial charge in [0.1, 0.15) is 5.75 Å². The third kappa shape index (κ3) is 2.46. The predicted octanol–water partition coefficient (Wildman–Crippen LogP) is 3.19. The highest BCUT2D eigenvalue weighted by atomic mass is 127. The van der Waals surface area contributed by atoms with Crippen LogP contribution in [0.4, 0.5) is 11.8 Å². The van der Waals surface area contributed by atoms with Gasteiger partial charge in [-0.15, -0.1) is 0 Å². The van der Waals surface area contributed by atoms with Crippen LogP contribution in [0, 0.1) is 3.57 Å². The van der Waals surface area contributed by atoms with E-state index >= 15 is 0 Å². The van der Waals surface area contributed by atoms with Crippen molar-refractivity contribution >= 4 is 45.1 Å². The average molecular weight is 378 g/mol. The molecule has 0 bridgehead atoms. The standard InChI is InChI=1S/C14H11IN4O/c15-10-5-8-3-1-2-4-9(8)6-11(10)20-12-7-18-14(17)19-13(12)16/h1-7H,(H4,16,17,18,19). The highest BCUT2D eigenvalue weighted by Gasteiger charge is 2.09. The monoisotopic (exact) mass is 378 g/mol. The summed E-state index contributed by atoms with van der Waals surface area (Å²) in [5.41, 5.74) is 11.2. The Morgan fingerprint density at radius 1 is 1.00 bits per heavy atom. The van der Waals surface area contributed by atoms with E-state index in [1.807, 2.05) is 24.3 Å². The molecule has 2 aromatic carbocycles. The number of fused-ring (bicyclic) bond motifs is 1. The molecule has 100 valence electrons. The normalized spacial score (nSPS) is 10.7. The predicted molar refractivity (Wildman–Crippen MR) is 87.6 cm³/mol. The molecule has 0 saturated carbocycles. The van der Waals surface area contributed by atoms with Crippen molar-refractivity contribution in [2.45, 2.75) is 0 Å². The van der Waals surface area contributed by atoms with E-state index < -0.39 is 0 Å². The maximum atomic E-state index is 5.79. The van der Waals surface area contributed by atoms with Crippen molar-refractivity contribution in [3.63, 3.8) is 0 Å². The Hall–Kier alpha value is -2.09. The third-order valence-corrected chi connectivity index (χ3v) is 3.66. The van der Waals surface area contributed by atoms with Gasteiger partial charge in [0.25, 0.3) is 0 Å². The molecule has 0 aliphatic rings. The molecule has 0 amide bonds. The van der Waals surface area contributed by atoms with Gasteiger partial charge in [-0.2, -0.15) is 4.98 Å². The molecule has 3 aromatic rings. The maximum absolute atomic E-state index is 5.79. The first-order valence-electron chi connectivity index (χ1n) is 5.87. The molecule has 0 fully saturated rings. The van der Waals surface area contributed by atoms with Crippen LogP contribution in [0.2, 0.25) is 0 Å². The van der Waals surface area contributed by atoms with Crippen molar-refractivity contribution in [2.75, 3.05) is 11.5 Å². The van der Waals surface area contributed by atoms with Crippen molar-refractivity contribution in [2.24, 2.45) is 0 Å². The summed E-state index contributed by atoms with van der Waals surface area (Å²) in [6, 6.07) is 12.1. The maximum Gasteiger partial charge on any atom is 0.222 e. The van der Waals surface area contributed by atoms with Crippen molar-refractivity contribution in [3.8, 4) is 11.5 Å². The molecule has 0 aliphatic heterocycles. The van der Waals surface area contributed by atoms with E-state index in [9.17, 15) is 0 Å².